The van der Waals surface area contributed by atoms with Gasteiger partial charge in [0.1, 0.15) is 42.3 Å². The van der Waals surface area contributed by atoms with Crippen LogP contribution in [0.4, 0.5) is 0 Å². The fourth-order valence-corrected chi connectivity index (χ4v) is 7.82. The van der Waals surface area contributed by atoms with Crippen molar-refractivity contribution in [3.63, 3.8) is 0 Å². The Balaban J connectivity index is 7.00. The zero-order valence-electron chi connectivity index (χ0n) is 46.3. The second-order valence-electron chi connectivity index (χ2n) is 20.8. The summed E-state index contributed by atoms with van der Waals surface area (Å²) in [6.07, 6.45) is 1.17. The molecule has 0 aromatic heterocycles. The summed E-state index contributed by atoms with van der Waals surface area (Å²) in [6, 6.07) is -9.88. The van der Waals surface area contributed by atoms with E-state index < -0.39 is 95.7 Å². The molecule has 440 valence electrons. The molecule has 0 radical (unpaired) electrons. The maximum Gasteiger partial charge on any atom is 0.326 e. The molecule has 0 aromatic rings. The largest absolute Gasteiger partial charge is 0.480 e. The molecule has 0 spiro atoms. The quantitative estimate of drug-likeness (QED) is 0.0166. The molecule has 0 saturated carbocycles. The van der Waals surface area contributed by atoms with Crippen LogP contribution in [0.1, 0.15) is 132 Å². The first-order valence-electron chi connectivity index (χ1n) is 26.4. The topological polar surface area (TPSA) is 515 Å². The zero-order valence-corrected chi connectivity index (χ0v) is 46.3. The Morgan fingerprint density at radius 1 is 0.351 bits per heavy atom. The van der Waals surface area contributed by atoms with Gasteiger partial charge in [0.05, 0.1) is 6.04 Å². The lowest BCUT2D eigenvalue weighted by Gasteiger charge is -2.29. The maximum atomic E-state index is 14.4. The first-order chi connectivity index (χ1) is 35.9. The standard InChI is InChI=1S/C48H94N20O9/c1-25(2)21-29(49)37(69)66-34(22-26(3)4)42(74)68-36(24-28(7)8)43(75)67-35(23-27(5)6)41(73)64-31(14-10-18-59-46(52)53)39(71)62-30(13-9-17-58-45(50)51)38(70)63-32(15-11-19-60-47(54)55)40(72)65-33(44(76)77)16-12-20-61-48(56)57/h25-36H,9-24,49H2,1-8H3,(H,62,71)(H,63,70)(H,64,73)(H,65,72)(H,66,69)(H,67,75)(H,68,74)(H,76,77)(H4,50,51,58)(H4,52,53,59)(H4,54,55,60)(H4,56,57,61)/t29-,30-,31-,32-,33-,34-,35-,36-/m0/s1. The van der Waals surface area contributed by atoms with Crippen LogP contribution in [0.2, 0.25) is 0 Å². The maximum absolute atomic E-state index is 14.4. The van der Waals surface area contributed by atoms with Crippen LogP contribution in [0.5, 0.6) is 0 Å². The lowest BCUT2D eigenvalue weighted by Crippen LogP contribution is -2.60. The van der Waals surface area contributed by atoms with Crippen LogP contribution in [0.3, 0.4) is 0 Å². The summed E-state index contributed by atoms with van der Waals surface area (Å²) in [7, 11) is 0. The van der Waals surface area contributed by atoms with E-state index in [1.54, 1.807) is 0 Å². The molecule has 0 aliphatic heterocycles. The molecule has 29 nitrogen and oxygen atoms in total. The minimum atomic E-state index is -1.41. The second-order valence-corrected chi connectivity index (χ2v) is 20.8. The number of amides is 7. The molecule has 77 heavy (non-hydrogen) atoms. The van der Waals surface area contributed by atoms with Crippen LogP contribution in [-0.2, 0) is 38.4 Å². The van der Waals surface area contributed by atoms with Crippen LogP contribution >= 0.6 is 0 Å². The van der Waals surface area contributed by atoms with E-state index in [4.69, 9.17) is 50.3 Å². The molecule has 26 N–H and O–H groups in total. The predicted molar refractivity (Wildman–Crippen MR) is 294 cm³/mol. The van der Waals surface area contributed by atoms with Crippen molar-refractivity contribution in [2.75, 3.05) is 26.2 Å². The SMILES string of the molecule is CC(C)C[C@H](NC(=O)[C@H](CC(C)C)NC(=O)[C@H](CC(C)C)NC(=O)[C@@H](N)CC(C)C)C(=O)N[C@@H](CCCNC(=N)N)C(=O)N[C@@H](CCCNC(=N)N)C(=O)N[C@@H](CCCNC(=N)N)C(=O)N[C@@H](CCCNC(=N)N)C(=O)O. The zero-order chi connectivity index (χ0) is 58.9. The third-order valence-corrected chi connectivity index (χ3v) is 11.5. The lowest BCUT2D eigenvalue weighted by atomic mass is 9.98. The Bertz CT molecular complexity index is 1950. The average Bonchev–Trinajstić information content (AvgIpc) is 3.30. The Morgan fingerprint density at radius 2 is 0.558 bits per heavy atom. The number of guanidine groups is 4. The van der Waals surface area contributed by atoms with Gasteiger partial charge in [-0.2, -0.15) is 0 Å². The first-order valence-corrected chi connectivity index (χ1v) is 26.4. The summed E-state index contributed by atoms with van der Waals surface area (Å²) < 4.78 is 0. The molecule has 0 fully saturated rings. The lowest BCUT2D eigenvalue weighted by molar-refractivity contribution is -0.142. The van der Waals surface area contributed by atoms with Crippen molar-refractivity contribution in [1.82, 2.24) is 58.5 Å². The highest BCUT2D eigenvalue weighted by molar-refractivity contribution is 5.97. The number of carboxylic acid groups (broad SMARTS) is 1. The van der Waals surface area contributed by atoms with Gasteiger partial charge in [0.15, 0.2) is 23.8 Å². The number of aliphatic carboxylic acids is 1. The monoisotopic (exact) mass is 1090 g/mol. The van der Waals surface area contributed by atoms with E-state index in [9.17, 15) is 43.5 Å². The number of carbonyl (C=O) groups excluding carboxylic acids is 7. The van der Waals surface area contributed by atoms with Crippen molar-refractivity contribution in [3.8, 4) is 0 Å². The van der Waals surface area contributed by atoms with Gasteiger partial charge in [-0.25, -0.2) is 4.79 Å². The normalized spacial score (nSPS) is 14.2. The van der Waals surface area contributed by atoms with Crippen LogP contribution in [0.15, 0.2) is 0 Å². The average molecular weight is 1100 g/mol. The van der Waals surface area contributed by atoms with Crippen LogP contribution in [0.25, 0.3) is 0 Å². The molecule has 0 heterocycles. The van der Waals surface area contributed by atoms with E-state index in [-0.39, 0.29) is 144 Å². The van der Waals surface area contributed by atoms with Crippen LogP contribution < -0.4 is 87.2 Å². The molecule has 0 aliphatic rings. The smallest absolute Gasteiger partial charge is 0.326 e. The van der Waals surface area contributed by atoms with E-state index in [1.807, 2.05) is 55.4 Å². The summed E-state index contributed by atoms with van der Waals surface area (Å²) in [5, 5.41) is 69.0. The Kier molecular flexibility index (Phi) is 34.0. The van der Waals surface area contributed by atoms with Crippen LogP contribution in [0, 0.1) is 45.3 Å². The second kappa shape index (κ2) is 37.5. The summed E-state index contributed by atoms with van der Waals surface area (Å²) in [4.78, 5) is 110. The van der Waals surface area contributed by atoms with Crippen molar-refractivity contribution in [3.05, 3.63) is 0 Å². The van der Waals surface area contributed by atoms with Gasteiger partial charge in [0.25, 0.3) is 0 Å². The fourth-order valence-electron chi connectivity index (χ4n) is 7.82. The highest BCUT2D eigenvalue weighted by Gasteiger charge is 2.35. The van der Waals surface area contributed by atoms with Crippen molar-refractivity contribution in [2.45, 2.75) is 181 Å². The van der Waals surface area contributed by atoms with Crippen LogP contribution in [-0.4, -0.2) is 151 Å². The third-order valence-electron chi connectivity index (χ3n) is 11.5. The van der Waals surface area contributed by atoms with Gasteiger partial charge in [-0.15, -0.1) is 0 Å². The van der Waals surface area contributed by atoms with Crippen molar-refractivity contribution >= 4 is 71.2 Å². The van der Waals surface area contributed by atoms with Crippen molar-refractivity contribution < 1.29 is 43.5 Å². The molecule has 8 atom stereocenters. The predicted octanol–water partition coefficient (Wildman–Crippen LogP) is -2.97. The highest BCUT2D eigenvalue weighted by Crippen LogP contribution is 2.14. The molecule has 0 saturated heterocycles. The Hall–Kier alpha value is -7.20. The summed E-state index contributed by atoms with van der Waals surface area (Å²) in [6.45, 7) is 15.3. The number of rotatable bonds is 39. The number of carbonyl (C=O) groups is 8. The van der Waals surface area contributed by atoms with Crippen molar-refractivity contribution in [2.24, 2.45) is 52.3 Å². The van der Waals surface area contributed by atoms with Gasteiger partial charge in [-0.05, 0) is 101 Å². The minimum Gasteiger partial charge on any atom is -0.480 e. The number of nitrogens with two attached hydrogens (primary N) is 5. The number of hydrogen-bond donors (Lipinski definition) is 21. The molecule has 0 unspecified atom stereocenters. The summed E-state index contributed by atoms with van der Waals surface area (Å²) in [5.74, 6) is -8.19. The minimum absolute atomic E-state index is 0.0332. The van der Waals surface area contributed by atoms with Gasteiger partial charge in [0, 0.05) is 26.2 Å². The Labute approximate surface area is 452 Å². The van der Waals surface area contributed by atoms with E-state index in [0.717, 1.165) is 0 Å². The van der Waals surface area contributed by atoms with Gasteiger partial charge in [0.2, 0.25) is 41.4 Å². The molecular weight excluding hydrogens is 1000 g/mol. The van der Waals surface area contributed by atoms with E-state index in [2.05, 4.69) is 58.5 Å². The molecule has 29 heteroatoms. The summed E-state index contributed by atoms with van der Waals surface area (Å²) in [5.41, 5.74) is 27.8. The van der Waals surface area contributed by atoms with Gasteiger partial charge in [-0.3, -0.25) is 55.2 Å². The molecular formula is C48H94N20O9. The van der Waals surface area contributed by atoms with Gasteiger partial charge in [-0.1, -0.05) is 55.4 Å². The molecule has 0 rings (SSSR count). The van der Waals surface area contributed by atoms with E-state index in [0.29, 0.717) is 6.42 Å². The van der Waals surface area contributed by atoms with Gasteiger partial charge < -0.3 is 92.3 Å². The first kappa shape index (κ1) is 69.8. The highest BCUT2D eigenvalue weighted by atomic mass is 16.4. The Morgan fingerprint density at radius 3 is 0.792 bits per heavy atom. The molecule has 0 aliphatic carbocycles. The molecule has 0 aromatic carbocycles. The van der Waals surface area contributed by atoms with Gasteiger partial charge >= 0.3 is 5.97 Å². The van der Waals surface area contributed by atoms with E-state index in [1.165, 1.54) is 0 Å². The molecule has 7 amide bonds. The number of carboxylic acids is 1. The summed E-state index contributed by atoms with van der Waals surface area (Å²) >= 11 is 0. The third kappa shape index (κ3) is 32.8. The van der Waals surface area contributed by atoms with E-state index >= 15 is 0 Å². The van der Waals surface area contributed by atoms with Crippen molar-refractivity contribution in [1.29, 1.82) is 21.6 Å². The molecule has 0 bridgehead atoms. The number of hydrogen-bond acceptors (Lipinski definition) is 13. The number of nitrogens with one attached hydrogen (secondary N) is 15. The fraction of sp³-hybridized carbons (Fsp3) is 0.750.